The minimum absolute atomic E-state index is 0.0642. The first-order valence-electron chi connectivity index (χ1n) is 7.72. The van der Waals surface area contributed by atoms with Crippen molar-refractivity contribution >= 4 is 21.6 Å². The van der Waals surface area contributed by atoms with Crippen LogP contribution in [0.2, 0.25) is 0 Å². The molecule has 2 aromatic carbocycles. The summed E-state index contributed by atoms with van der Waals surface area (Å²) in [6.45, 7) is 2.38. The number of aryl methyl sites for hydroxylation is 1. The fourth-order valence-corrected chi connectivity index (χ4v) is 3.43. The Hall–Kier alpha value is -2.34. The van der Waals surface area contributed by atoms with E-state index < -0.39 is 10.0 Å². The van der Waals surface area contributed by atoms with Gasteiger partial charge in [0.1, 0.15) is 0 Å². The maximum atomic E-state index is 12.3. The average molecular weight is 346 g/mol. The third kappa shape index (κ3) is 5.09. The summed E-state index contributed by atoms with van der Waals surface area (Å²) >= 11 is 0. The molecule has 0 atom stereocenters. The zero-order valence-corrected chi connectivity index (χ0v) is 14.7. The molecular weight excluding hydrogens is 324 g/mol. The third-order valence-electron chi connectivity index (χ3n) is 3.70. The molecule has 0 spiro atoms. The second kappa shape index (κ2) is 7.97. The lowest BCUT2D eigenvalue weighted by Crippen LogP contribution is -2.32. The molecule has 1 N–H and O–H groups in total. The van der Waals surface area contributed by atoms with E-state index in [0.29, 0.717) is 12.2 Å². The number of sulfonamides is 1. The number of hydrogen-bond acceptors (Lipinski definition) is 3. The highest BCUT2D eigenvalue weighted by Gasteiger charge is 2.19. The number of carbonyl (C=O) groups is 1. The van der Waals surface area contributed by atoms with Crippen LogP contribution in [0.15, 0.2) is 54.6 Å². The van der Waals surface area contributed by atoms with Crippen LogP contribution in [0.4, 0.5) is 5.69 Å². The van der Waals surface area contributed by atoms with Gasteiger partial charge in [-0.3, -0.25) is 9.10 Å². The van der Waals surface area contributed by atoms with Crippen LogP contribution in [0.1, 0.15) is 17.5 Å². The first kappa shape index (κ1) is 18.0. The molecule has 0 saturated heterocycles. The molecule has 0 heterocycles. The molecule has 0 unspecified atom stereocenters. The van der Waals surface area contributed by atoms with Gasteiger partial charge in [-0.2, -0.15) is 0 Å². The summed E-state index contributed by atoms with van der Waals surface area (Å²) in [4.78, 5) is 11.9. The molecular formula is C18H22N2O3S. The van der Waals surface area contributed by atoms with E-state index in [9.17, 15) is 13.2 Å². The van der Waals surface area contributed by atoms with Crippen molar-refractivity contribution < 1.29 is 13.2 Å². The Morgan fingerprint density at radius 3 is 2.46 bits per heavy atom. The van der Waals surface area contributed by atoms with Crippen LogP contribution in [0.5, 0.6) is 0 Å². The van der Waals surface area contributed by atoms with Crippen molar-refractivity contribution in [3.63, 3.8) is 0 Å². The zero-order chi connectivity index (χ0) is 17.6. The first-order chi connectivity index (χ1) is 11.4. The number of rotatable bonds is 7. The number of amides is 1. The van der Waals surface area contributed by atoms with Crippen molar-refractivity contribution in [2.75, 3.05) is 17.1 Å². The van der Waals surface area contributed by atoms with Gasteiger partial charge in [0.25, 0.3) is 0 Å². The van der Waals surface area contributed by atoms with Gasteiger partial charge in [-0.25, -0.2) is 8.42 Å². The summed E-state index contributed by atoms with van der Waals surface area (Å²) in [7, 11) is -2.03. The lowest BCUT2D eigenvalue weighted by molar-refractivity contribution is -0.120. The smallest absolute Gasteiger partial charge is 0.235 e. The topological polar surface area (TPSA) is 66.5 Å². The van der Waals surface area contributed by atoms with Gasteiger partial charge in [-0.05, 0) is 24.6 Å². The number of carbonyl (C=O) groups excluding carboxylic acids is 1. The molecule has 0 fully saturated rings. The van der Waals surface area contributed by atoms with E-state index in [1.54, 1.807) is 24.3 Å². The number of nitrogens with one attached hydrogen (secondary N) is 1. The second-order valence-corrected chi connectivity index (χ2v) is 7.75. The van der Waals surface area contributed by atoms with Crippen LogP contribution in [-0.2, 0) is 21.4 Å². The van der Waals surface area contributed by atoms with Gasteiger partial charge in [0.15, 0.2) is 0 Å². The maximum Gasteiger partial charge on any atom is 0.235 e. The molecule has 0 radical (unpaired) electrons. The Kier molecular flexibility index (Phi) is 5.98. The summed E-state index contributed by atoms with van der Waals surface area (Å²) in [5, 5.41) is 2.76. The monoisotopic (exact) mass is 346 g/mol. The van der Waals surface area contributed by atoms with Gasteiger partial charge in [0.05, 0.1) is 11.4 Å². The highest BCUT2D eigenvalue weighted by atomic mass is 32.2. The maximum absolute atomic E-state index is 12.3. The molecule has 0 aliphatic rings. The van der Waals surface area contributed by atoms with E-state index in [1.807, 2.05) is 37.3 Å². The molecule has 2 rings (SSSR count). The molecule has 0 aromatic heterocycles. The van der Waals surface area contributed by atoms with Crippen molar-refractivity contribution in [1.82, 2.24) is 5.32 Å². The fourth-order valence-electron chi connectivity index (χ4n) is 2.27. The van der Waals surface area contributed by atoms with Crippen molar-refractivity contribution in [2.45, 2.75) is 19.9 Å². The van der Waals surface area contributed by atoms with E-state index in [2.05, 4.69) is 5.32 Å². The van der Waals surface area contributed by atoms with Gasteiger partial charge >= 0.3 is 0 Å². The van der Waals surface area contributed by atoms with Crippen molar-refractivity contribution in [3.8, 4) is 0 Å². The average Bonchev–Trinajstić information content (AvgIpc) is 2.58. The molecule has 0 saturated carbocycles. The van der Waals surface area contributed by atoms with E-state index in [4.69, 9.17) is 0 Å². The normalized spacial score (nSPS) is 11.1. The van der Waals surface area contributed by atoms with Gasteiger partial charge in [-0.15, -0.1) is 0 Å². The Labute approximate surface area is 143 Å². The van der Waals surface area contributed by atoms with Crippen LogP contribution < -0.4 is 9.62 Å². The number of nitrogens with zero attached hydrogens (tertiary/aromatic N) is 1. The van der Waals surface area contributed by atoms with Crippen LogP contribution in [0.3, 0.4) is 0 Å². The SMILES string of the molecule is Cc1cccc(CNC(=O)CCS(=O)(=O)N(C)c2ccccc2)c1. The van der Waals surface area contributed by atoms with Gasteiger partial charge in [0.2, 0.25) is 15.9 Å². The third-order valence-corrected chi connectivity index (χ3v) is 5.46. The molecule has 0 aliphatic heterocycles. The van der Waals surface area contributed by atoms with Crippen LogP contribution in [0.25, 0.3) is 0 Å². The van der Waals surface area contributed by atoms with Gasteiger partial charge < -0.3 is 5.32 Å². The largest absolute Gasteiger partial charge is 0.352 e. The quantitative estimate of drug-likeness (QED) is 0.837. The lowest BCUT2D eigenvalue weighted by atomic mass is 10.1. The molecule has 0 aliphatic carbocycles. The number of hydrogen-bond donors (Lipinski definition) is 1. The predicted molar refractivity (Wildman–Crippen MR) is 96.3 cm³/mol. The van der Waals surface area contributed by atoms with Crippen LogP contribution in [0, 0.1) is 6.92 Å². The van der Waals surface area contributed by atoms with E-state index in [0.717, 1.165) is 11.1 Å². The van der Waals surface area contributed by atoms with E-state index >= 15 is 0 Å². The summed E-state index contributed by atoms with van der Waals surface area (Å²) < 4.78 is 25.8. The molecule has 1 amide bonds. The Morgan fingerprint density at radius 2 is 1.79 bits per heavy atom. The molecule has 6 heteroatoms. The zero-order valence-electron chi connectivity index (χ0n) is 13.9. The molecule has 2 aromatic rings. The van der Waals surface area contributed by atoms with E-state index in [-0.39, 0.29) is 18.1 Å². The highest BCUT2D eigenvalue weighted by molar-refractivity contribution is 7.92. The van der Waals surface area contributed by atoms with Crippen molar-refractivity contribution in [1.29, 1.82) is 0 Å². The Bertz CT molecular complexity index is 789. The van der Waals surface area contributed by atoms with Gasteiger partial charge in [-0.1, -0.05) is 48.0 Å². The highest BCUT2D eigenvalue weighted by Crippen LogP contribution is 2.15. The minimum Gasteiger partial charge on any atom is -0.352 e. The molecule has 0 bridgehead atoms. The molecule has 128 valence electrons. The number of para-hydroxylation sites is 1. The lowest BCUT2D eigenvalue weighted by Gasteiger charge is -2.19. The van der Waals surface area contributed by atoms with E-state index in [1.165, 1.54) is 11.4 Å². The Morgan fingerprint density at radius 1 is 1.08 bits per heavy atom. The number of anilines is 1. The van der Waals surface area contributed by atoms with Crippen LogP contribution >= 0.6 is 0 Å². The fraction of sp³-hybridized carbons (Fsp3) is 0.278. The number of benzene rings is 2. The molecule has 24 heavy (non-hydrogen) atoms. The van der Waals surface area contributed by atoms with Crippen molar-refractivity contribution in [3.05, 3.63) is 65.7 Å². The second-order valence-electron chi connectivity index (χ2n) is 5.63. The summed E-state index contributed by atoms with van der Waals surface area (Å²) in [6.07, 6.45) is -0.0642. The van der Waals surface area contributed by atoms with Crippen molar-refractivity contribution in [2.24, 2.45) is 0 Å². The predicted octanol–water partition coefficient (Wildman–Crippen LogP) is 2.47. The summed E-state index contributed by atoms with van der Waals surface area (Å²) in [5.74, 6) is -0.501. The summed E-state index contributed by atoms with van der Waals surface area (Å²) in [5.41, 5.74) is 2.69. The summed E-state index contributed by atoms with van der Waals surface area (Å²) in [6, 6.07) is 16.6. The van der Waals surface area contributed by atoms with Gasteiger partial charge in [0, 0.05) is 20.0 Å². The first-order valence-corrected chi connectivity index (χ1v) is 9.33. The standard InChI is InChI=1S/C18H22N2O3S/c1-15-7-6-8-16(13-15)14-19-18(21)11-12-24(22,23)20(2)17-9-4-3-5-10-17/h3-10,13H,11-12,14H2,1-2H3,(H,19,21). The van der Waals surface area contributed by atoms with Crippen LogP contribution in [-0.4, -0.2) is 27.1 Å². The minimum atomic E-state index is -3.53. The molecule has 5 nitrogen and oxygen atoms in total. The Balaban J connectivity index is 1.86.